The molecule has 0 bridgehead atoms. The second kappa shape index (κ2) is 4.85. The summed E-state index contributed by atoms with van der Waals surface area (Å²) >= 11 is 0. The summed E-state index contributed by atoms with van der Waals surface area (Å²) in [6.07, 6.45) is 1.37. The highest BCUT2D eigenvalue weighted by Crippen LogP contribution is 2.25. The maximum Gasteiger partial charge on any atom is 0.323 e. The first-order valence-corrected chi connectivity index (χ1v) is 5.49. The molecule has 6 heteroatoms. The van der Waals surface area contributed by atoms with Crippen molar-refractivity contribution in [3.63, 3.8) is 0 Å². The minimum atomic E-state index is -1.12. The SMILES string of the molecule is Nc1c(-c2cccc(O)c2)ccn(CC(=O)O)c1=O. The van der Waals surface area contributed by atoms with Crippen LogP contribution in [0.1, 0.15) is 0 Å². The third-order valence-corrected chi connectivity index (χ3v) is 2.67. The lowest BCUT2D eigenvalue weighted by atomic mass is 10.1. The van der Waals surface area contributed by atoms with Crippen LogP contribution >= 0.6 is 0 Å². The van der Waals surface area contributed by atoms with Crippen molar-refractivity contribution >= 4 is 11.7 Å². The van der Waals surface area contributed by atoms with Crippen LogP contribution in [0.3, 0.4) is 0 Å². The lowest BCUT2D eigenvalue weighted by molar-refractivity contribution is -0.137. The first kappa shape index (κ1) is 12.7. The Morgan fingerprint density at radius 1 is 1.32 bits per heavy atom. The molecule has 0 radical (unpaired) electrons. The van der Waals surface area contributed by atoms with Gasteiger partial charge in [0.25, 0.3) is 5.56 Å². The summed E-state index contributed by atoms with van der Waals surface area (Å²) in [6, 6.07) is 7.87. The van der Waals surface area contributed by atoms with E-state index in [1.807, 2.05) is 0 Å². The summed E-state index contributed by atoms with van der Waals surface area (Å²) in [4.78, 5) is 22.5. The van der Waals surface area contributed by atoms with E-state index >= 15 is 0 Å². The number of aromatic hydroxyl groups is 1. The predicted molar refractivity (Wildman–Crippen MR) is 69.9 cm³/mol. The first-order chi connectivity index (χ1) is 8.99. The van der Waals surface area contributed by atoms with E-state index < -0.39 is 18.1 Å². The van der Waals surface area contributed by atoms with Crippen molar-refractivity contribution in [1.29, 1.82) is 0 Å². The zero-order chi connectivity index (χ0) is 14.0. The van der Waals surface area contributed by atoms with Crippen molar-refractivity contribution in [1.82, 2.24) is 4.57 Å². The fourth-order valence-corrected chi connectivity index (χ4v) is 1.79. The number of pyridine rings is 1. The number of hydrogen-bond donors (Lipinski definition) is 3. The molecule has 0 unspecified atom stereocenters. The Morgan fingerprint density at radius 3 is 2.68 bits per heavy atom. The van der Waals surface area contributed by atoms with Crippen molar-refractivity contribution < 1.29 is 15.0 Å². The van der Waals surface area contributed by atoms with Crippen LogP contribution in [-0.2, 0) is 11.3 Å². The molecule has 0 aliphatic carbocycles. The lowest BCUT2D eigenvalue weighted by Crippen LogP contribution is -2.26. The van der Waals surface area contributed by atoms with E-state index in [0.29, 0.717) is 11.1 Å². The van der Waals surface area contributed by atoms with Crippen molar-refractivity contribution in [3.05, 3.63) is 46.9 Å². The average Bonchev–Trinajstić information content (AvgIpc) is 2.35. The average molecular weight is 260 g/mol. The number of nitrogens with two attached hydrogens (primary N) is 1. The highest BCUT2D eigenvalue weighted by molar-refractivity contribution is 5.76. The minimum Gasteiger partial charge on any atom is -0.508 e. The van der Waals surface area contributed by atoms with Gasteiger partial charge in [-0.1, -0.05) is 12.1 Å². The van der Waals surface area contributed by atoms with E-state index in [2.05, 4.69) is 0 Å². The monoisotopic (exact) mass is 260 g/mol. The third kappa shape index (κ3) is 2.57. The Morgan fingerprint density at radius 2 is 2.05 bits per heavy atom. The fraction of sp³-hybridized carbons (Fsp3) is 0.0769. The van der Waals surface area contributed by atoms with Crippen molar-refractivity contribution in [3.8, 4) is 16.9 Å². The fourth-order valence-electron chi connectivity index (χ4n) is 1.79. The Kier molecular flexibility index (Phi) is 3.24. The number of nitrogens with zero attached hydrogens (tertiary/aromatic N) is 1. The zero-order valence-electron chi connectivity index (χ0n) is 9.91. The molecule has 0 amide bonds. The largest absolute Gasteiger partial charge is 0.508 e. The molecule has 1 aromatic carbocycles. The molecule has 0 aliphatic rings. The quantitative estimate of drug-likeness (QED) is 0.759. The zero-order valence-corrected chi connectivity index (χ0v) is 9.91. The Bertz CT molecular complexity index is 691. The van der Waals surface area contributed by atoms with Gasteiger partial charge in [-0.25, -0.2) is 0 Å². The van der Waals surface area contributed by atoms with Crippen LogP contribution in [0, 0.1) is 0 Å². The number of phenolic OH excluding ortho intramolecular Hbond substituents is 1. The number of carboxylic acids is 1. The normalized spacial score (nSPS) is 10.3. The van der Waals surface area contributed by atoms with E-state index in [9.17, 15) is 14.7 Å². The molecule has 98 valence electrons. The topological polar surface area (TPSA) is 106 Å². The van der Waals surface area contributed by atoms with E-state index in [1.165, 1.54) is 18.3 Å². The second-order valence-electron chi connectivity index (χ2n) is 4.02. The molecule has 1 aromatic heterocycles. The summed E-state index contributed by atoms with van der Waals surface area (Å²) < 4.78 is 1.02. The summed E-state index contributed by atoms with van der Waals surface area (Å²) in [5.74, 6) is -1.06. The van der Waals surface area contributed by atoms with Gasteiger partial charge in [0.05, 0.1) is 0 Å². The Hall–Kier alpha value is -2.76. The molecule has 1 heterocycles. The van der Waals surface area contributed by atoms with Gasteiger partial charge in [0.1, 0.15) is 18.0 Å². The molecule has 0 saturated heterocycles. The number of benzene rings is 1. The van der Waals surface area contributed by atoms with Crippen molar-refractivity contribution in [2.24, 2.45) is 0 Å². The van der Waals surface area contributed by atoms with Gasteiger partial charge in [-0.05, 0) is 23.8 Å². The molecule has 19 heavy (non-hydrogen) atoms. The van der Waals surface area contributed by atoms with Crippen LogP contribution in [0.15, 0.2) is 41.3 Å². The molecule has 0 spiro atoms. The highest BCUT2D eigenvalue weighted by Gasteiger charge is 2.10. The van der Waals surface area contributed by atoms with E-state index in [1.54, 1.807) is 18.2 Å². The van der Waals surface area contributed by atoms with E-state index in [-0.39, 0.29) is 11.4 Å². The third-order valence-electron chi connectivity index (χ3n) is 2.67. The van der Waals surface area contributed by atoms with Gasteiger partial charge < -0.3 is 20.5 Å². The van der Waals surface area contributed by atoms with Crippen LogP contribution in [0.5, 0.6) is 5.75 Å². The number of hydrogen-bond acceptors (Lipinski definition) is 4. The van der Waals surface area contributed by atoms with E-state index in [0.717, 1.165) is 4.57 Å². The number of phenols is 1. The molecular formula is C13H12N2O4. The van der Waals surface area contributed by atoms with Gasteiger partial charge in [-0.3, -0.25) is 9.59 Å². The maximum absolute atomic E-state index is 11.9. The van der Waals surface area contributed by atoms with Gasteiger partial charge in [0.15, 0.2) is 0 Å². The smallest absolute Gasteiger partial charge is 0.323 e. The molecule has 4 N–H and O–H groups in total. The molecule has 6 nitrogen and oxygen atoms in total. The number of aliphatic carboxylic acids is 1. The van der Waals surface area contributed by atoms with Gasteiger partial charge in [-0.2, -0.15) is 0 Å². The van der Waals surface area contributed by atoms with Crippen LogP contribution in [0.4, 0.5) is 5.69 Å². The number of carbonyl (C=O) groups is 1. The minimum absolute atomic E-state index is 0.0469. The van der Waals surface area contributed by atoms with Crippen LogP contribution in [-0.4, -0.2) is 20.7 Å². The van der Waals surface area contributed by atoms with Crippen LogP contribution < -0.4 is 11.3 Å². The molecule has 0 saturated carbocycles. The second-order valence-corrected chi connectivity index (χ2v) is 4.02. The van der Waals surface area contributed by atoms with Crippen molar-refractivity contribution in [2.45, 2.75) is 6.54 Å². The number of aromatic nitrogens is 1. The van der Waals surface area contributed by atoms with Gasteiger partial charge in [0.2, 0.25) is 0 Å². The molecule has 0 atom stereocenters. The van der Waals surface area contributed by atoms with Gasteiger partial charge in [-0.15, -0.1) is 0 Å². The molecular weight excluding hydrogens is 248 g/mol. The van der Waals surface area contributed by atoms with Crippen molar-refractivity contribution in [2.75, 3.05) is 5.73 Å². The molecule has 2 rings (SSSR count). The number of carboxylic acid groups (broad SMARTS) is 1. The summed E-state index contributed by atoms with van der Waals surface area (Å²) in [5, 5.41) is 18.1. The summed E-state index contributed by atoms with van der Waals surface area (Å²) in [5.41, 5.74) is 6.18. The van der Waals surface area contributed by atoms with Gasteiger partial charge >= 0.3 is 5.97 Å². The number of rotatable bonds is 3. The van der Waals surface area contributed by atoms with Crippen LogP contribution in [0.25, 0.3) is 11.1 Å². The first-order valence-electron chi connectivity index (χ1n) is 5.49. The summed E-state index contributed by atoms with van der Waals surface area (Å²) in [7, 11) is 0. The molecule has 0 aliphatic heterocycles. The summed E-state index contributed by atoms with van der Waals surface area (Å²) in [6.45, 7) is -0.441. The lowest BCUT2D eigenvalue weighted by Gasteiger charge is -2.09. The number of nitrogen functional groups attached to an aromatic ring is 1. The predicted octanol–water partition coefficient (Wildman–Crippen LogP) is 0.888. The Balaban J connectivity index is 2.53. The highest BCUT2D eigenvalue weighted by atomic mass is 16.4. The molecule has 2 aromatic rings. The standard InChI is InChI=1S/C13H12N2O4/c14-12-10(8-2-1-3-9(16)6-8)4-5-15(13(12)19)7-11(17)18/h1-6,16H,7,14H2,(H,17,18). The molecule has 0 fully saturated rings. The van der Waals surface area contributed by atoms with E-state index in [4.69, 9.17) is 10.8 Å². The maximum atomic E-state index is 11.9. The van der Waals surface area contributed by atoms with Gasteiger partial charge in [0, 0.05) is 11.8 Å². The Labute approximate surface area is 108 Å². The number of anilines is 1. The van der Waals surface area contributed by atoms with Crippen LogP contribution in [0.2, 0.25) is 0 Å².